The number of aryl methyl sites for hydroxylation is 1. The maximum atomic E-state index is 6.41. The van der Waals surface area contributed by atoms with Crippen molar-refractivity contribution in [2.75, 3.05) is 6.54 Å². The summed E-state index contributed by atoms with van der Waals surface area (Å²) in [7, 11) is 1.94. The summed E-state index contributed by atoms with van der Waals surface area (Å²) in [6, 6.07) is 5.98. The molecule has 1 aromatic carbocycles. The third-order valence-corrected chi connectivity index (χ3v) is 4.51. The van der Waals surface area contributed by atoms with Gasteiger partial charge in [0.2, 0.25) is 0 Å². The fourth-order valence-corrected chi connectivity index (χ4v) is 3.48. The lowest BCUT2D eigenvalue weighted by Gasteiger charge is -2.21. The van der Waals surface area contributed by atoms with Crippen molar-refractivity contribution in [2.24, 2.45) is 7.05 Å². The van der Waals surface area contributed by atoms with Gasteiger partial charge in [0, 0.05) is 16.5 Å². The molecule has 2 rings (SSSR count). The van der Waals surface area contributed by atoms with E-state index in [1.807, 2.05) is 36.1 Å². The standard InChI is InChI=1S/C14H16Br2ClN3/c1-3-6-18-13(14-11(16)8-19-20(14)2)10-5-4-9(15)7-12(10)17/h4-5,7-8,13,18H,3,6H2,1-2H3. The molecule has 1 heterocycles. The van der Waals surface area contributed by atoms with Crippen molar-refractivity contribution in [2.45, 2.75) is 19.4 Å². The second-order valence-electron chi connectivity index (χ2n) is 4.55. The largest absolute Gasteiger partial charge is 0.305 e. The molecule has 1 aromatic heterocycles. The summed E-state index contributed by atoms with van der Waals surface area (Å²) >= 11 is 13.4. The van der Waals surface area contributed by atoms with Gasteiger partial charge in [0.05, 0.1) is 22.4 Å². The number of halogens is 3. The highest BCUT2D eigenvalue weighted by Gasteiger charge is 2.22. The molecule has 0 bridgehead atoms. The van der Waals surface area contributed by atoms with Crippen LogP contribution in [0.1, 0.15) is 30.6 Å². The lowest BCUT2D eigenvalue weighted by molar-refractivity contribution is 0.552. The molecule has 0 fully saturated rings. The Balaban J connectivity index is 2.47. The predicted molar refractivity (Wildman–Crippen MR) is 90.2 cm³/mol. The van der Waals surface area contributed by atoms with Crippen molar-refractivity contribution in [1.29, 1.82) is 0 Å². The average molecular weight is 422 g/mol. The SMILES string of the molecule is CCCNC(c1ccc(Br)cc1Cl)c1c(Br)cnn1C. The Morgan fingerprint density at radius 3 is 2.70 bits per heavy atom. The van der Waals surface area contributed by atoms with Gasteiger partial charge in [0.15, 0.2) is 0 Å². The van der Waals surface area contributed by atoms with Gasteiger partial charge in [-0.1, -0.05) is 40.5 Å². The number of benzene rings is 1. The van der Waals surface area contributed by atoms with Crippen LogP contribution < -0.4 is 5.32 Å². The Morgan fingerprint density at radius 2 is 2.15 bits per heavy atom. The van der Waals surface area contributed by atoms with Gasteiger partial charge in [-0.25, -0.2) is 0 Å². The Kier molecular flexibility index (Phi) is 5.66. The van der Waals surface area contributed by atoms with Gasteiger partial charge in [-0.2, -0.15) is 5.10 Å². The summed E-state index contributed by atoms with van der Waals surface area (Å²) in [6.07, 6.45) is 2.86. The van der Waals surface area contributed by atoms with E-state index in [0.29, 0.717) is 0 Å². The lowest BCUT2D eigenvalue weighted by atomic mass is 10.0. The third kappa shape index (κ3) is 3.45. The zero-order chi connectivity index (χ0) is 14.7. The van der Waals surface area contributed by atoms with Gasteiger partial charge in [0.25, 0.3) is 0 Å². The second-order valence-corrected chi connectivity index (χ2v) is 6.73. The average Bonchev–Trinajstić information content (AvgIpc) is 2.72. The highest BCUT2D eigenvalue weighted by molar-refractivity contribution is 9.10. The van der Waals surface area contributed by atoms with Crippen LogP contribution in [0.2, 0.25) is 5.02 Å². The third-order valence-electron chi connectivity index (χ3n) is 3.08. The van der Waals surface area contributed by atoms with Gasteiger partial charge in [-0.15, -0.1) is 0 Å². The minimum atomic E-state index is 0.0115. The van der Waals surface area contributed by atoms with E-state index in [4.69, 9.17) is 11.6 Å². The van der Waals surface area contributed by atoms with Crippen LogP contribution in [0.3, 0.4) is 0 Å². The van der Waals surface area contributed by atoms with Crippen LogP contribution in [-0.2, 0) is 7.05 Å². The zero-order valence-corrected chi connectivity index (χ0v) is 15.3. The Labute approximate surface area is 141 Å². The quantitative estimate of drug-likeness (QED) is 0.759. The van der Waals surface area contributed by atoms with E-state index in [1.54, 1.807) is 0 Å². The van der Waals surface area contributed by atoms with E-state index in [2.05, 4.69) is 49.2 Å². The number of nitrogens with one attached hydrogen (secondary N) is 1. The van der Waals surface area contributed by atoms with E-state index >= 15 is 0 Å². The highest BCUT2D eigenvalue weighted by Crippen LogP contribution is 2.33. The van der Waals surface area contributed by atoms with Crippen LogP contribution in [0, 0.1) is 0 Å². The van der Waals surface area contributed by atoms with Crippen LogP contribution in [0.25, 0.3) is 0 Å². The maximum absolute atomic E-state index is 6.41. The fourth-order valence-electron chi connectivity index (χ4n) is 2.12. The molecule has 3 nitrogen and oxygen atoms in total. The molecule has 0 saturated heterocycles. The van der Waals surface area contributed by atoms with Crippen molar-refractivity contribution in [3.05, 3.63) is 49.6 Å². The van der Waals surface area contributed by atoms with Gasteiger partial charge in [0.1, 0.15) is 0 Å². The van der Waals surface area contributed by atoms with E-state index in [-0.39, 0.29) is 6.04 Å². The second kappa shape index (κ2) is 7.07. The van der Waals surface area contributed by atoms with Gasteiger partial charge in [-0.05, 0) is 46.6 Å². The van der Waals surface area contributed by atoms with E-state index in [0.717, 1.165) is 38.2 Å². The predicted octanol–water partition coefficient (Wildman–Crippen LogP) is 4.69. The molecule has 0 spiro atoms. The molecule has 0 aliphatic carbocycles. The van der Waals surface area contributed by atoms with Gasteiger partial charge < -0.3 is 5.32 Å². The number of hydrogen-bond acceptors (Lipinski definition) is 2. The van der Waals surface area contributed by atoms with Crippen LogP contribution in [0.4, 0.5) is 0 Å². The van der Waals surface area contributed by atoms with Crippen LogP contribution in [0.5, 0.6) is 0 Å². The molecule has 20 heavy (non-hydrogen) atoms. The van der Waals surface area contributed by atoms with Crippen molar-refractivity contribution in [3.63, 3.8) is 0 Å². The first kappa shape index (κ1) is 16.0. The number of hydrogen-bond donors (Lipinski definition) is 1. The zero-order valence-electron chi connectivity index (χ0n) is 11.3. The molecular weight excluding hydrogens is 405 g/mol. The van der Waals surface area contributed by atoms with E-state index in [1.165, 1.54) is 0 Å². The molecule has 108 valence electrons. The number of rotatable bonds is 5. The first-order valence-corrected chi connectivity index (χ1v) is 8.36. The molecule has 0 saturated carbocycles. The number of nitrogens with zero attached hydrogens (tertiary/aromatic N) is 2. The topological polar surface area (TPSA) is 29.9 Å². The van der Waals surface area contributed by atoms with Crippen molar-refractivity contribution in [3.8, 4) is 0 Å². The van der Waals surface area contributed by atoms with Crippen molar-refractivity contribution < 1.29 is 0 Å². The molecule has 0 amide bonds. The smallest absolute Gasteiger partial charge is 0.0774 e. The Hall–Kier alpha value is -0.360. The summed E-state index contributed by atoms with van der Waals surface area (Å²) < 4.78 is 3.83. The molecule has 1 N–H and O–H groups in total. The molecule has 2 aromatic rings. The lowest BCUT2D eigenvalue weighted by Crippen LogP contribution is -2.26. The minimum Gasteiger partial charge on any atom is -0.305 e. The molecule has 1 unspecified atom stereocenters. The van der Waals surface area contributed by atoms with Crippen LogP contribution in [-0.4, -0.2) is 16.3 Å². The summed E-state index contributed by atoms with van der Waals surface area (Å²) in [5, 5.41) is 8.57. The van der Waals surface area contributed by atoms with Crippen LogP contribution in [0.15, 0.2) is 33.3 Å². The molecule has 0 aliphatic heterocycles. The van der Waals surface area contributed by atoms with E-state index in [9.17, 15) is 0 Å². The number of aromatic nitrogens is 2. The van der Waals surface area contributed by atoms with Crippen molar-refractivity contribution in [1.82, 2.24) is 15.1 Å². The summed E-state index contributed by atoms with van der Waals surface area (Å²) in [6.45, 7) is 3.06. The van der Waals surface area contributed by atoms with Gasteiger partial charge >= 0.3 is 0 Å². The summed E-state index contributed by atoms with van der Waals surface area (Å²) in [5.74, 6) is 0. The van der Waals surface area contributed by atoms with E-state index < -0.39 is 0 Å². The molecule has 0 radical (unpaired) electrons. The first-order chi connectivity index (χ1) is 9.54. The van der Waals surface area contributed by atoms with Crippen LogP contribution >= 0.6 is 43.5 Å². The molecule has 1 atom stereocenters. The maximum Gasteiger partial charge on any atom is 0.0774 e. The fraction of sp³-hybridized carbons (Fsp3) is 0.357. The monoisotopic (exact) mass is 419 g/mol. The Morgan fingerprint density at radius 1 is 1.40 bits per heavy atom. The van der Waals surface area contributed by atoms with Gasteiger partial charge in [-0.3, -0.25) is 4.68 Å². The molecular formula is C14H16Br2ClN3. The highest BCUT2D eigenvalue weighted by atomic mass is 79.9. The van der Waals surface area contributed by atoms with Crippen molar-refractivity contribution >= 4 is 43.5 Å². The Bertz CT molecular complexity index is 579. The first-order valence-electron chi connectivity index (χ1n) is 6.40. The summed E-state index contributed by atoms with van der Waals surface area (Å²) in [5.41, 5.74) is 2.12. The minimum absolute atomic E-state index is 0.0115. The summed E-state index contributed by atoms with van der Waals surface area (Å²) in [4.78, 5) is 0. The normalized spacial score (nSPS) is 12.7. The molecule has 6 heteroatoms. The molecule has 0 aliphatic rings.